The lowest BCUT2D eigenvalue weighted by atomic mass is 9.70. The third-order valence-corrected chi connectivity index (χ3v) is 11.2. The molecule has 1 spiro atoms. The minimum atomic E-state index is -0.859. The highest BCUT2D eigenvalue weighted by molar-refractivity contribution is 8.02. The number of fused-ring (bicyclic) bond motifs is 1. The fourth-order valence-electron chi connectivity index (χ4n) is 7.15. The number of thioether (sulfide) groups is 1. The molecule has 0 aromatic heterocycles. The average molecular weight is 608 g/mol. The van der Waals surface area contributed by atoms with Gasteiger partial charge in [-0.1, -0.05) is 66.2 Å². The number of para-hydroxylation sites is 1. The maximum atomic E-state index is 14.7. The van der Waals surface area contributed by atoms with Crippen LogP contribution >= 0.6 is 23.4 Å². The van der Waals surface area contributed by atoms with Crippen molar-refractivity contribution in [1.29, 1.82) is 0 Å². The molecule has 3 aliphatic rings. The number of aliphatic hydroxyl groups is 1. The number of aliphatic hydroxyl groups excluding tert-OH is 1. The summed E-state index contributed by atoms with van der Waals surface area (Å²) in [5.74, 6) is -1.84. The number of amides is 3. The molecule has 3 heterocycles. The van der Waals surface area contributed by atoms with E-state index >= 15 is 0 Å². The van der Waals surface area contributed by atoms with Gasteiger partial charge in [0.1, 0.15) is 6.04 Å². The van der Waals surface area contributed by atoms with Crippen LogP contribution in [-0.2, 0) is 20.9 Å². The zero-order chi connectivity index (χ0) is 30.2. The van der Waals surface area contributed by atoms with E-state index in [0.29, 0.717) is 30.2 Å². The highest BCUT2D eigenvalue weighted by Gasteiger charge is 2.74. The van der Waals surface area contributed by atoms with E-state index in [-0.39, 0.29) is 36.1 Å². The maximum absolute atomic E-state index is 14.7. The number of hydrogen-bond donors (Lipinski definition) is 1. The standard InChI is InChI=1S/C33H38ClN3O4S/c1-5-17-35(19-23-12-8-7-9-13-23)30(39)26-25-15-16-33(42-25)27(26)31(40)37(22(4)20-38)29(33)32(41)36(18-6-2)28-21(3)11-10-14-24(28)34/h5-14,22,25-27,29,38H,1-2,15-20H2,3-4H3/t22-,25+,26-,27+,29?,33?/m1/s1. The van der Waals surface area contributed by atoms with Crippen LogP contribution in [-0.4, -0.2) is 74.4 Å². The highest BCUT2D eigenvalue weighted by atomic mass is 35.5. The second-order valence-corrected chi connectivity index (χ2v) is 13.5. The van der Waals surface area contributed by atoms with Gasteiger partial charge in [0.25, 0.3) is 5.91 Å². The molecule has 2 aromatic carbocycles. The van der Waals surface area contributed by atoms with Crippen LogP contribution in [0.4, 0.5) is 5.69 Å². The molecule has 3 amide bonds. The number of hydrogen-bond acceptors (Lipinski definition) is 5. The Labute approximate surface area is 257 Å². The third kappa shape index (κ3) is 4.97. The number of halogens is 1. The van der Waals surface area contributed by atoms with Crippen molar-refractivity contribution in [2.45, 2.75) is 55.3 Å². The molecule has 2 unspecified atom stereocenters. The number of aryl methyl sites for hydroxylation is 1. The van der Waals surface area contributed by atoms with E-state index in [4.69, 9.17) is 11.6 Å². The predicted octanol–water partition coefficient (Wildman–Crippen LogP) is 4.85. The number of carbonyl (C=O) groups excluding carboxylic acids is 3. The van der Waals surface area contributed by atoms with Crippen LogP contribution < -0.4 is 4.90 Å². The molecule has 3 fully saturated rings. The van der Waals surface area contributed by atoms with Crippen molar-refractivity contribution in [3.8, 4) is 0 Å². The lowest BCUT2D eigenvalue weighted by Gasteiger charge is -2.39. The van der Waals surface area contributed by atoms with Gasteiger partial charge >= 0.3 is 0 Å². The Morgan fingerprint density at radius 1 is 1.14 bits per heavy atom. The summed E-state index contributed by atoms with van der Waals surface area (Å²) in [7, 11) is 0. The number of rotatable bonds is 11. The van der Waals surface area contributed by atoms with Crippen LogP contribution in [0.1, 0.15) is 30.9 Å². The molecule has 6 atom stereocenters. The summed E-state index contributed by atoms with van der Waals surface area (Å²) in [5, 5.41) is 10.6. The molecule has 0 saturated carbocycles. The molecule has 3 aliphatic heterocycles. The van der Waals surface area contributed by atoms with Gasteiger partial charge in [-0.05, 0) is 43.9 Å². The molecule has 222 valence electrons. The van der Waals surface area contributed by atoms with Crippen LogP contribution in [0.15, 0.2) is 73.8 Å². The Balaban J connectivity index is 1.56. The van der Waals surface area contributed by atoms with Gasteiger partial charge in [0.2, 0.25) is 11.8 Å². The molecule has 3 saturated heterocycles. The zero-order valence-electron chi connectivity index (χ0n) is 24.1. The number of benzene rings is 2. The van der Waals surface area contributed by atoms with Gasteiger partial charge in [-0.3, -0.25) is 14.4 Å². The van der Waals surface area contributed by atoms with Crippen LogP contribution in [0.3, 0.4) is 0 Å². The van der Waals surface area contributed by atoms with Gasteiger partial charge in [-0.2, -0.15) is 0 Å². The van der Waals surface area contributed by atoms with E-state index in [1.54, 1.807) is 51.6 Å². The van der Waals surface area contributed by atoms with Gasteiger partial charge in [0.05, 0.1) is 39.9 Å². The summed E-state index contributed by atoms with van der Waals surface area (Å²) in [4.78, 5) is 48.3. The Bertz CT molecular complexity index is 1370. The normalized spacial score (nSPS) is 26.6. The van der Waals surface area contributed by atoms with Gasteiger partial charge in [0, 0.05) is 24.9 Å². The molecule has 9 heteroatoms. The molecule has 1 N–H and O–H groups in total. The fraction of sp³-hybridized carbons (Fsp3) is 0.424. The molecular formula is C33H38ClN3O4S. The molecule has 7 nitrogen and oxygen atoms in total. The molecule has 0 radical (unpaired) electrons. The second-order valence-electron chi connectivity index (χ2n) is 11.5. The van der Waals surface area contributed by atoms with E-state index in [2.05, 4.69) is 13.2 Å². The van der Waals surface area contributed by atoms with Crippen LogP contribution in [0, 0.1) is 18.8 Å². The largest absolute Gasteiger partial charge is 0.394 e. The van der Waals surface area contributed by atoms with E-state index in [1.807, 2.05) is 49.4 Å². The summed E-state index contributed by atoms with van der Waals surface area (Å²) in [6.45, 7) is 12.1. The Morgan fingerprint density at radius 2 is 1.86 bits per heavy atom. The minimum absolute atomic E-state index is 0.0775. The van der Waals surface area contributed by atoms with Crippen LogP contribution in [0.25, 0.3) is 0 Å². The lowest BCUT2D eigenvalue weighted by molar-refractivity contribution is -0.145. The van der Waals surface area contributed by atoms with Gasteiger partial charge in [-0.25, -0.2) is 0 Å². The van der Waals surface area contributed by atoms with Gasteiger partial charge < -0.3 is 19.8 Å². The van der Waals surface area contributed by atoms with Crippen molar-refractivity contribution in [2.75, 3.05) is 24.6 Å². The maximum Gasteiger partial charge on any atom is 0.251 e. The second kappa shape index (κ2) is 12.3. The first-order valence-electron chi connectivity index (χ1n) is 14.4. The zero-order valence-corrected chi connectivity index (χ0v) is 25.7. The molecule has 2 bridgehead atoms. The van der Waals surface area contributed by atoms with Crippen molar-refractivity contribution in [1.82, 2.24) is 9.80 Å². The Morgan fingerprint density at radius 3 is 2.50 bits per heavy atom. The van der Waals surface area contributed by atoms with Crippen molar-refractivity contribution >= 4 is 46.8 Å². The molecular weight excluding hydrogens is 570 g/mol. The van der Waals surface area contributed by atoms with Crippen molar-refractivity contribution < 1.29 is 19.5 Å². The fourth-order valence-corrected chi connectivity index (χ4v) is 9.67. The number of carbonyl (C=O) groups is 3. The first-order chi connectivity index (χ1) is 20.2. The molecule has 0 aliphatic carbocycles. The molecule has 5 rings (SSSR count). The topological polar surface area (TPSA) is 81.2 Å². The quantitative estimate of drug-likeness (QED) is 0.369. The first-order valence-corrected chi connectivity index (χ1v) is 15.7. The average Bonchev–Trinajstić information content (AvgIpc) is 3.63. The number of nitrogens with zero attached hydrogens (tertiary/aromatic N) is 3. The smallest absolute Gasteiger partial charge is 0.251 e. The molecule has 42 heavy (non-hydrogen) atoms. The van der Waals surface area contributed by atoms with Crippen LogP contribution in [0.2, 0.25) is 5.02 Å². The third-order valence-electron chi connectivity index (χ3n) is 8.91. The Kier molecular flexibility index (Phi) is 8.88. The van der Waals surface area contributed by atoms with E-state index in [9.17, 15) is 19.5 Å². The van der Waals surface area contributed by atoms with Crippen molar-refractivity contribution in [3.63, 3.8) is 0 Å². The minimum Gasteiger partial charge on any atom is -0.394 e. The Hall–Kier alpha value is -3.07. The SMILES string of the molecule is C=CCN(Cc1ccccc1)C(=O)[C@@H]1[C@@H]2CCC3(S2)C(C(=O)N(CC=C)c2c(C)cccc2Cl)N([C@H](C)CO)C(=O)[C@H]13. The summed E-state index contributed by atoms with van der Waals surface area (Å²) < 4.78 is -0.788. The van der Waals surface area contributed by atoms with Gasteiger partial charge in [0.15, 0.2) is 0 Å². The summed E-state index contributed by atoms with van der Waals surface area (Å²) in [6.07, 6.45) is 4.72. The van der Waals surface area contributed by atoms with E-state index < -0.39 is 28.7 Å². The first kappa shape index (κ1) is 30.4. The lowest BCUT2D eigenvalue weighted by Crippen LogP contribution is -2.57. The van der Waals surface area contributed by atoms with Crippen molar-refractivity contribution in [2.24, 2.45) is 11.8 Å². The van der Waals surface area contributed by atoms with Gasteiger partial charge in [-0.15, -0.1) is 24.9 Å². The van der Waals surface area contributed by atoms with Crippen molar-refractivity contribution in [3.05, 3.63) is 90.0 Å². The monoisotopic (exact) mass is 607 g/mol. The van der Waals surface area contributed by atoms with Crippen LogP contribution in [0.5, 0.6) is 0 Å². The molecule has 2 aromatic rings. The number of anilines is 1. The predicted molar refractivity (Wildman–Crippen MR) is 168 cm³/mol. The van der Waals surface area contributed by atoms with E-state index in [0.717, 1.165) is 17.5 Å². The summed E-state index contributed by atoms with van der Waals surface area (Å²) in [5.41, 5.74) is 2.41. The number of likely N-dealkylation sites (tertiary alicyclic amines) is 1. The summed E-state index contributed by atoms with van der Waals surface area (Å²) >= 11 is 8.25. The highest BCUT2D eigenvalue weighted by Crippen LogP contribution is 2.67. The summed E-state index contributed by atoms with van der Waals surface area (Å²) in [6, 6.07) is 13.8. The van der Waals surface area contributed by atoms with E-state index in [1.165, 1.54) is 0 Å².